The van der Waals surface area contributed by atoms with Crippen LogP contribution in [0.3, 0.4) is 0 Å². The van der Waals surface area contributed by atoms with Crippen LogP contribution in [0.4, 0.5) is 0 Å². The van der Waals surface area contributed by atoms with E-state index in [4.69, 9.17) is 11.6 Å². The third-order valence-electron chi connectivity index (χ3n) is 1.84. The highest BCUT2D eigenvalue weighted by Crippen LogP contribution is 2.24. The van der Waals surface area contributed by atoms with Gasteiger partial charge in [-0.15, -0.1) is 11.3 Å². The molecule has 1 aromatic rings. The molecule has 4 heteroatoms. The fraction of sp³-hybridized carbons (Fsp3) is 0.556. The van der Waals surface area contributed by atoms with Crippen LogP contribution < -0.4 is 5.32 Å². The topological polar surface area (TPSA) is 12.0 Å². The van der Waals surface area contributed by atoms with Gasteiger partial charge in [0.25, 0.3) is 0 Å². The Bertz CT molecular complexity index is 250. The van der Waals surface area contributed by atoms with E-state index in [1.54, 1.807) is 11.3 Å². The molecular formula is C9H14ClNS2. The summed E-state index contributed by atoms with van der Waals surface area (Å²) in [6.45, 7) is 3.22. The molecule has 1 N–H and O–H groups in total. The van der Waals surface area contributed by atoms with Crippen molar-refractivity contribution in [2.75, 3.05) is 18.6 Å². The van der Waals surface area contributed by atoms with Crippen molar-refractivity contribution in [3.63, 3.8) is 0 Å². The summed E-state index contributed by atoms with van der Waals surface area (Å²) in [5.74, 6) is 1.15. The lowest BCUT2D eigenvalue weighted by Crippen LogP contribution is -2.20. The first-order valence-corrected chi connectivity index (χ1v) is 6.85. The molecule has 0 saturated heterocycles. The van der Waals surface area contributed by atoms with Gasteiger partial charge in [-0.1, -0.05) is 11.6 Å². The van der Waals surface area contributed by atoms with Crippen LogP contribution in [0.15, 0.2) is 11.4 Å². The van der Waals surface area contributed by atoms with Gasteiger partial charge in [-0.05, 0) is 30.2 Å². The number of hydrogen-bond donors (Lipinski definition) is 1. The fourth-order valence-electron chi connectivity index (χ4n) is 1.05. The summed E-state index contributed by atoms with van der Waals surface area (Å²) in [7, 11) is 0. The zero-order valence-corrected chi connectivity index (χ0v) is 10.2. The Morgan fingerprint density at radius 2 is 2.46 bits per heavy atom. The van der Waals surface area contributed by atoms with Crippen molar-refractivity contribution in [3.8, 4) is 0 Å². The lowest BCUT2D eigenvalue weighted by atomic mass is 10.2. The van der Waals surface area contributed by atoms with Crippen molar-refractivity contribution in [3.05, 3.63) is 21.3 Å². The largest absolute Gasteiger partial charge is 0.309 e. The first kappa shape index (κ1) is 11.4. The SMILES string of the molecule is CSCCNC(C)c1csc(Cl)c1. The van der Waals surface area contributed by atoms with Crippen molar-refractivity contribution in [1.82, 2.24) is 5.32 Å². The van der Waals surface area contributed by atoms with E-state index in [0.717, 1.165) is 16.6 Å². The van der Waals surface area contributed by atoms with Gasteiger partial charge in [-0.2, -0.15) is 11.8 Å². The van der Waals surface area contributed by atoms with Crippen molar-refractivity contribution < 1.29 is 0 Å². The van der Waals surface area contributed by atoms with Crippen molar-refractivity contribution in [1.29, 1.82) is 0 Å². The van der Waals surface area contributed by atoms with Crippen molar-refractivity contribution in [2.24, 2.45) is 0 Å². The molecule has 1 atom stereocenters. The second-order valence-electron chi connectivity index (χ2n) is 2.85. The summed E-state index contributed by atoms with van der Waals surface area (Å²) in [6.07, 6.45) is 2.12. The summed E-state index contributed by atoms with van der Waals surface area (Å²) in [5, 5.41) is 5.55. The van der Waals surface area contributed by atoms with Gasteiger partial charge in [0, 0.05) is 18.3 Å². The van der Waals surface area contributed by atoms with Crippen LogP contribution in [-0.2, 0) is 0 Å². The molecule has 1 heterocycles. The van der Waals surface area contributed by atoms with E-state index in [2.05, 4.69) is 23.9 Å². The van der Waals surface area contributed by atoms with Gasteiger partial charge in [-0.25, -0.2) is 0 Å². The Morgan fingerprint density at radius 1 is 1.69 bits per heavy atom. The maximum atomic E-state index is 5.85. The molecule has 0 amide bonds. The summed E-state index contributed by atoms with van der Waals surface area (Å²) in [6, 6.07) is 2.44. The highest BCUT2D eigenvalue weighted by Gasteiger charge is 2.05. The van der Waals surface area contributed by atoms with Gasteiger partial charge >= 0.3 is 0 Å². The highest BCUT2D eigenvalue weighted by molar-refractivity contribution is 7.98. The van der Waals surface area contributed by atoms with E-state index in [-0.39, 0.29) is 0 Å². The molecule has 0 aliphatic carbocycles. The molecule has 0 saturated carbocycles. The third-order valence-corrected chi connectivity index (χ3v) is 3.57. The highest BCUT2D eigenvalue weighted by atomic mass is 35.5. The van der Waals surface area contributed by atoms with Gasteiger partial charge in [-0.3, -0.25) is 0 Å². The molecule has 1 nitrogen and oxygen atoms in total. The normalized spacial score (nSPS) is 13.2. The second-order valence-corrected chi connectivity index (χ2v) is 5.38. The zero-order valence-electron chi connectivity index (χ0n) is 7.84. The Hall–Kier alpha value is 0.300. The molecule has 1 unspecified atom stereocenters. The van der Waals surface area contributed by atoms with Crippen LogP contribution in [0, 0.1) is 0 Å². The lowest BCUT2D eigenvalue weighted by Gasteiger charge is -2.11. The van der Waals surface area contributed by atoms with Crippen LogP contribution in [0.5, 0.6) is 0 Å². The first-order chi connectivity index (χ1) is 6.24. The van der Waals surface area contributed by atoms with Gasteiger partial charge in [0.05, 0.1) is 4.34 Å². The molecule has 0 aromatic carbocycles. The molecule has 0 bridgehead atoms. The summed E-state index contributed by atoms with van der Waals surface area (Å²) >= 11 is 9.30. The average molecular weight is 236 g/mol. The zero-order chi connectivity index (χ0) is 9.68. The minimum absolute atomic E-state index is 0.413. The van der Waals surface area contributed by atoms with Gasteiger partial charge < -0.3 is 5.32 Å². The molecule has 13 heavy (non-hydrogen) atoms. The number of halogens is 1. The first-order valence-electron chi connectivity index (χ1n) is 4.20. The van der Waals surface area contributed by atoms with Gasteiger partial charge in [0.1, 0.15) is 0 Å². The molecule has 1 aromatic heterocycles. The van der Waals surface area contributed by atoms with E-state index in [1.807, 2.05) is 17.8 Å². The fourth-order valence-corrected chi connectivity index (χ4v) is 2.35. The van der Waals surface area contributed by atoms with Gasteiger partial charge in [0.2, 0.25) is 0 Å². The molecule has 74 valence electrons. The van der Waals surface area contributed by atoms with E-state index < -0.39 is 0 Å². The average Bonchev–Trinajstić information content (AvgIpc) is 2.52. The lowest BCUT2D eigenvalue weighted by molar-refractivity contribution is 0.603. The van der Waals surface area contributed by atoms with Crippen molar-refractivity contribution in [2.45, 2.75) is 13.0 Å². The summed E-state index contributed by atoms with van der Waals surface area (Å²) in [4.78, 5) is 0. The summed E-state index contributed by atoms with van der Waals surface area (Å²) in [5.41, 5.74) is 1.29. The van der Waals surface area contributed by atoms with Crippen LogP contribution >= 0.6 is 34.7 Å². The standard InChI is InChI=1S/C9H14ClNS2/c1-7(11-3-4-12-2)8-5-9(10)13-6-8/h5-7,11H,3-4H2,1-2H3. The molecule has 0 aliphatic heterocycles. The second kappa shape index (κ2) is 5.91. The maximum absolute atomic E-state index is 5.85. The minimum Gasteiger partial charge on any atom is -0.309 e. The van der Waals surface area contributed by atoms with Crippen LogP contribution in [0.25, 0.3) is 0 Å². The molecule has 0 radical (unpaired) electrons. The Kier molecular flexibility index (Phi) is 5.17. The number of nitrogens with one attached hydrogen (secondary N) is 1. The molecule has 0 aliphatic rings. The van der Waals surface area contributed by atoms with E-state index >= 15 is 0 Å². The Labute approximate surface area is 92.9 Å². The minimum atomic E-state index is 0.413. The molecule has 0 fully saturated rings. The van der Waals surface area contributed by atoms with Crippen LogP contribution in [0.1, 0.15) is 18.5 Å². The van der Waals surface area contributed by atoms with Crippen LogP contribution in [-0.4, -0.2) is 18.6 Å². The quantitative estimate of drug-likeness (QED) is 0.785. The molecule has 0 spiro atoms. The Morgan fingerprint density at radius 3 is 3.00 bits per heavy atom. The van der Waals surface area contributed by atoms with E-state index in [9.17, 15) is 0 Å². The van der Waals surface area contributed by atoms with Crippen LogP contribution in [0.2, 0.25) is 4.34 Å². The predicted molar refractivity (Wildman–Crippen MR) is 64.1 cm³/mol. The Balaban J connectivity index is 2.35. The van der Waals surface area contributed by atoms with E-state index in [1.165, 1.54) is 5.56 Å². The van der Waals surface area contributed by atoms with E-state index in [0.29, 0.717) is 6.04 Å². The smallest absolute Gasteiger partial charge is 0.0931 e. The number of thiophene rings is 1. The summed E-state index contributed by atoms with van der Waals surface area (Å²) < 4.78 is 0.869. The molecule has 1 rings (SSSR count). The maximum Gasteiger partial charge on any atom is 0.0931 e. The predicted octanol–water partition coefficient (Wildman–Crippen LogP) is 3.42. The monoisotopic (exact) mass is 235 g/mol. The third kappa shape index (κ3) is 3.90. The molecular weight excluding hydrogens is 222 g/mol. The number of hydrogen-bond acceptors (Lipinski definition) is 3. The van der Waals surface area contributed by atoms with Gasteiger partial charge in [0.15, 0.2) is 0 Å². The van der Waals surface area contributed by atoms with Crippen molar-refractivity contribution >= 4 is 34.7 Å². The number of rotatable bonds is 5. The number of thioether (sulfide) groups is 1.